The van der Waals surface area contributed by atoms with E-state index in [2.05, 4.69) is 0 Å². The Morgan fingerprint density at radius 2 is 2.06 bits per heavy atom. The van der Waals surface area contributed by atoms with Gasteiger partial charge in [-0.3, -0.25) is 4.79 Å². The first-order valence-corrected chi connectivity index (χ1v) is 5.52. The molecule has 16 heavy (non-hydrogen) atoms. The van der Waals surface area contributed by atoms with E-state index in [-0.39, 0.29) is 12.5 Å². The van der Waals surface area contributed by atoms with Crippen LogP contribution in [0.15, 0.2) is 18.2 Å². The second-order valence-corrected chi connectivity index (χ2v) is 4.83. The van der Waals surface area contributed by atoms with Gasteiger partial charge in [0.1, 0.15) is 0 Å². The number of carbonyl (C=O) groups excluding carboxylic acids is 1. The first-order valence-electron chi connectivity index (χ1n) is 5.52. The van der Waals surface area contributed by atoms with Crippen LogP contribution >= 0.6 is 0 Å². The van der Waals surface area contributed by atoms with Crippen LogP contribution in [0.2, 0.25) is 0 Å². The summed E-state index contributed by atoms with van der Waals surface area (Å²) in [5.74, 6) is 0.0714. The smallest absolute Gasteiger partial charge is 0.237 e. The van der Waals surface area contributed by atoms with Crippen LogP contribution in [0.3, 0.4) is 0 Å². The minimum absolute atomic E-state index is 0.00476. The average Bonchev–Trinajstić information content (AvgIpc) is 2.40. The molecular formula is C13H17NO2. The summed E-state index contributed by atoms with van der Waals surface area (Å²) < 4.78 is 0. The number of aryl methyl sites for hydroxylation is 1. The highest BCUT2D eigenvalue weighted by molar-refractivity contribution is 6.07. The van der Waals surface area contributed by atoms with Gasteiger partial charge in [-0.15, -0.1) is 0 Å². The number of hydrogen-bond donors (Lipinski definition) is 1. The Morgan fingerprint density at radius 3 is 2.69 bits per heavy atom. The van der Waals surface area contributed by atoms with E-state index in [1.807, 2.05) is 39.0 Å². The molecular weight excluding hydrogens is 202 g/mol. The Hall–Kier alpha value is -1.35. The van der Waals surface area contributed by atoms with E-state index in [0.717, 1.165) is 16.8 Å². The summed E-state index contributed by atoms with van der Waals surface area (Å²) in [5, 5.41) is 9.02. The fourth-order valence-corrected chi connectivity index (χ4v) is 2.28. The highest BCUT2D eigenvalue weighted by Crippen LogP contribution is 2.41. The van der Waals surface area contributed by atoms with E-state index in [0.29, 0.717) is 6.54 Å². The van der Waals surface area contributed by atoms with Crippen LogP contribution in [-0.2, 0) is 10.2 Å². The van der Waals surface area contributed by atoms with Gasteiger partial charge in [0.25, 0.3) is 0 Å². The number of aliphatic hydroxyl groups excluding tert-OH is 1. The lowest BCUT2D eigenvalue weighted by atomic mass is 9.86. The highest BCUT2D eigenvalue weighted by atomic mass is 16.3. The molecule has 0 spiro atoms. The van der Waals surface area contributed by atoms with Gasteiger partial charge in [-0.2, -0.15) is 0 Å². The lowest BCUT2D eigenvalue weighted by molar-refractivity contribution is -0.122. The van der Waals surface area contributed by atoms with Gasteiger partial charge >= 0.3 is 0 Å². The molecule has 2 rings (SSSR count). The number of hydrogen-bond acceptors (Lipinski definition) is 2. The lowest BCUT2D eigenvalue weighted by Gasteiger charge is -2.19. The molecule has 1 aromatic carbocycles. The molecule has 0 saturated carbocycles. The van der Waals surface area contributed by atoms with Crippen molar-refractivity contribution < 1.29 is 9.90 Å². The van der Waals surface area contributed by atoms with Crippen LogP contribution in [0.4, 0.5) is 5.69 Å². The van der Waals surface area contributed by atoms with Gasteiger partial charge in [0, 0.05) is 12.2 Å². The molecule has 0 atom stereocenters. The van der Waals surface area contributed by atoms with E-state index in [4.69, 9.17) is 5.11 Å². The van der Waals surface area contributed by atoms with Crippen molar-refractivity contribution in [3.63, 3.8) is 0 Å². The first kappa shape index (κ1) is 11.1. The number of benzene rings is 1. The number of rotatable bonds is 2. The van der Waals surface area contributed by atoms with Gasteiger partial charge in [-0.25, -0.2) is 0 Å². The second-order valence-electron chi connectivity index (χ2n) is 4.83. The quantitative estimate of drug-likeness (QED) is 0.821. The molecule has 1 amide bonds. The number of aliphatic hydroxyl groups is 1. The average molecular weight is 219 g/mol. The monoisotopic (exact) mass is 219 g/mol. The minimum Gasteiger partial charge on any atom is -0.395 e. The maximum atomic E-state index is 12.2. The van der Waals surface area contributed by atoms with E-state index in [1.54, 1.807) is 4.90 Å². The number of carbonyl (C=O) groups is 1. The predicted molar refractivity (Wildman–Crippen MR) is 63.6 cm³/mol. The Balaban J connectivity index is 2.56. The fraction of sp³-hybridized carbons (Fsp3) is 0.462. The van der Waals surface area contributed by atoms with Gasteiger partial charge in [0.15, 0.2) is 0 Å². The third-order valence-electron chi connectivity index (χ3n) is 3.22. The minimum atomic E-state index is -0.474. The zero-order chi connectivity index (χ0) is 11.9. The summed E-state index contributed by atoms with van der Waals surface area (Å²) in [4.78, 5) is 13.9. The van der Waals surface area contributed by atoms with E-state index in [9.17, 15) is 4.79 Å². The molecule has 1 heterocycles. The molecule has 1 aliphatic rings. The molecule has 0 bridgehead atoms. The van der Waals surface area contributed by atoms with Gasteiger partial charge in [0.2, 0.25) is 5.91 Å². The number of amides is 1. The summed E-state index contributed by atoms with van der Waals surface area (Å²) in [7, 11) is 0. The number of fused-ring (bicyclic) bond motifs is 1. The molecule has 1 aliphatic heterocycles. The molecule has 0 radical (unpaired) electrons. The van der Waals surface area contributed by atoms with Gasteiger partial charge < -0.3 is 10.0 Å². The molecule has 3 heteroatoms. The third kappa shape index (κ3) is 1.43. The van der Waals surface area contributed by atoms with Crippen molar-refractivity contribution in [1.29, 1.82) is 0 Å². The molecule has 0 aromatic heterocycles. The first-order chi connectivity index (χ1) is 7.48. The third-order valence-corrected chi connectivity index (χ3v) is 3.22. The number of β-amino-alcohol motifs (C(OH)–C–C–N with tert-alkyl or cyclic N) is 1. The van der Waals surface area contributed by atoms with Gasteiger partial charge in [-0.1, -0.05) is 12.1 Å². The number of nitrogens with zero attached hydrogens (tertiary/aromatic N) is 1. The lowest BCUT2D eigenvalue weighted by Crippen LogP contribution is -2.37. The van der Waals surface area contributed by atoms with Crippen LogP contribution < -0.4 is 4.90 Å². The molecule has 0 saturated heterocycles. The molecule has 1 aromatic rings. The summed E-state index contributed by atoms with van der Waals surface area (Å²) in [5.41, 5.74) is 2.66. The SMILES string of the molecule is Cc1ccc2c(c1)N(CCO)C(=O)C2(C)C. The standard InChI is InChI=1S/C13H17NO2/c1-9-4-5-10-11(8-9)14(6-7-15)12(16)13(10,2)3/h4-5,8,15H,6-7H2,1-3H3. The van der Waals surface area contributed by atoms with E-state index < -0.39 is 5.41 Å². The predicted octanol–water partition coefficient (Wildman–Crippen LogP) is 1.61. The topological polar surface area (TPSA) is 40.5 Å². The molecule has 86 valence electrons. The van der Waals surface area contributed by atoms with E-state index in [1.165, 1.54) is 0 Å². The van der Waals surface area contributed by atoms with Crippen molar-refractivity contribution >= 4 is 11.6 Å². The van der Waals surface area contributed by atoms with Crippen molar-refractivity contribution in [1.82, 2.24) is 0 Å². The summed E-state index contributed by atoms with van der Waals surface area (Å²) >= 11 is 0. The molecule has 1 N–H and O–H groups in total. The van der Waals surface area contributed by atoms with Crippen LogP contribution in [0.5, 0.6) is 0 Å². The normalized spacial score (nSPS) is 17.8. The molecule has 0 fully saturated rings. The molecule has 0 unspecified atom stereocenters. The zero-order valence-electron chi connectivity index (χ0n) is 9.95. The van der Waals surface area contributed by atoms with Crippen molar-refractivity contribution in [2.24, 2.45) is 0 Å². The highest BCUT2D eigenvalue weighted by Gasteiger charge is 2.43. The van der Waals surface area contributed by atoms with Gasteiger partial charge in [0.05, 0.1) is 12.0 Å². The zero-order valence-corrected chi connectivity index (χ0v) is 9.95. The molecule has 3 nitrogen and oxygen atoms in total. The van der Waals surface area contributed by atoms with Crippen molar-refractivity contribution in [2.45, 2.75) is 26.2 Å². The van der Waals surface area contributed by atoms with Crippen LogP contribution in [0.1, 0.15) is 25.0 Å². The fourth-order valence-electron chi connectivity index (χ4n) is 2.28. The largest absolute Gasteiger partial charge is 0.395 e. The summed E-state index contributed by atoms with van der Waals surface area (Å²) in [6.45, 7) is 6.24. The maximum absolute atomic E-state index is 12.2. The van der Waals surface area contributed by atoms with Crippen LogP contribution in [0, 0.1) is 6.92 Å². The molecule has 0 aliphatic carbocycles. The number of anilines is 1. The van der Waals surface area contributed by atoms with Crippen molar-refractivity contribution in [3.8, 4) is 0 Å². The summed E-state index contributed by atoms with van der Waals surface area (Å²) in [6, 6.07) is 6.05. The maximum Gasteiger partial charge on any atom is 0.237 e. The van der Waals surface area contributed by atoms with Gasteiger partial charge in [-0.05, 0) is 38.0 Å². The Kier molecular flexibility index (Phi) is 2.50. The Bertz CT molecular complexity index is 438. The summed E-state index contributed by atoms with van der Waals surface area (Å²) in [6.07, 6.45) is 0. The van der Waals surface area contributed by atoms with Crippen molar-refractivity contribution in [2.75, 3.05) is 18.1 Å². The van der Waals surface area contributed by atoms with E-state index >= 15 is 0 Å². The second kappa shape index (κ2) is 3.59. The van der Waals surface area contributed by atoms with Crippen LogP contribution in [0.25, 0.3) is 0 Å². The Morgan fingerprint density at radius 1 is 1.38 bits per heavy atom. The van der Waals surface area contributed by atoms with Crippen LogP contribution in [-0.4, -0.2) is 24.2 Å². The van der Waals surface area contributed by atoms with Crippen molar-refractivity contribution in [3.05, 3.63) is 29.3 Å². The Labute approximate surface area is 95.7 Å².